The van der Waals surface area contributed by atoms with Crippen molar-refractivity contribution in [1.82, 2.24) is 0 Å². The second-order valence-electron chi connectivity index (χ2n) is 4.22. The van der Waals surface area contributed by atoms with E-state index in [1.807, 2.05) is 0 Å². The molecule has 0 bridgehead atoms. The molecule has 0 aromatic carbocycles. The lowest BCUT2D eigenvalue weighted by molar-refractivity contribution is -0.478. The summed E-state index contributed by atoms with van der Waals surface area (Å²) in [5.74, 6) is 0.0326. The summed E-state index contributed by atoms with van der Waals surface area (Å²) in [6, 6.07) is 0. The molecule has 0 aromatic heterocycles. The van der Waals surface area contributed by atoms with Gasteiger partial charge in [0.2, 0.25) is 6.54 Å². The van der Waals surface area contributed by atoms with E-state index >= 15 is 0 Å². The molecule has 0 unspecified atom stereocenters. The minimum absolute atomic E-state index is 0.0326. The van der Waals surface area contributed by atoms with Gasteiger partial charge in [0.1, 0.15) is 5.78 Å². The number of rotatable bonds is 11. The Morgan fingerprint density at radius 2 is 1.56 bits per heavy atom. The monoisotopic (exact) mass is 229 g/mol. The molecule has 0 rings (SSSR count). The van der Waals surface area contributed by atoms with E-state index in [0.717, 1.165) is 12.8 Å². The Labute approximate surface area is 97.6 Å². The molecule has 0 atom stereocenters. The molecular weight excluding hydrogens is 206 g/mol. The van der Waals surface area contributed by atoms with Crippen LogP contribution < -0.4 is 0 Å². The highest BCUT2D eigenvalue weighted by molar-refractivity contribution is 5.78. The van der Waals surface area contributed by atoms with Gasteiger partial charge in [0.15, 0.2) is 0 Å². The smallest absolute Gasteiger partial charge is 0.210 e. The number of carbonyl (C=O) groups is 1. The van der Waals surface area contributed by atoms with Gasteiger partial charge in [-0.05, 0) is 6.42 Å². The third kappa shape index (κ3) is 11.1. The van der Waals surface area contributed by atoms with Crippen LogP contribution in [0.15, 0.2) is 0 Å². The number of hydrogen-bond donors (Lipinski definition) is 0. The Morgan fingerprint density at radius 1 is 1.00 bits per heavy atom. The summed E-state index contributed by atoms with van der Waals surface area (Å²) in [6.07, 6.45) is 8.84. The first kappa shape index (κ1) is 15.1. The van der Waals surface area contributed by atoms with Crippen LogP contribution in [0.3, 0.4) is 0 Å². The van der Waals surface area contributed by atoms with Crippen LogP contribution in [0.25, 0.3) is 0 Å². The van der Waals surface area contributed by atoms with E-state index in [-0.39, 0.29) is 18.7 Å². The van der Waals surface area contributed by atoms with Crippen molar-refractivity contribution in [3.8, 4) is 0 Å². The van der Waals surface area contributed by atoms with E-state index in [9.17, 15) is 14.9 Å². The van der Waals surface area contributed by atoms with E-state index < -0.39 is 4.92 Å². The van der Waals surface area contributed by atoms with Gasteiger partial charge in [-0.15, -0.1) is 0 Å². The maximum Gasteiger partial charge on any atom is 0.210 e. The summed E-state index contributed by atoms with van der Waals surface area (Å²) in [5.41, 5.74) is 0. The molecule has 0 aliphatic rings. The van der Waals surface area contributed by atoms with E-state index in [4.69, 9.17) is 0 Å². The Kier molecular flexibility index (Phi) is 9.97. The van der Waals surface area contributed by atoms with Crippen molar-refractivity contribution >= 4 is 5.78 Å². The van der Waals surface area contributed by atoms with Crippen LogP contribution in [-0.4, -0.2) is 17.3 Å². The van der Waals surface area contributed by atoms with Gasteiger partial charge in [0.25, 0.3) is 0 Å². The first-order valence-electron chi connectivity index (χ1n) is 6.30. The molecule has 4 nitrogen and oxygen atoms in total. The number of Topliss-reactive ketones (excluding diaryl/α,β-unsaturated/α-hetero) is 1. The fourth-order valence-corrected chi connectivity index (χ4v) is 1.62. The summed E-state index contributed by atoms with van der Waals surface area (Å²) < 4.78 is 0. The van der Waals surface area contributed by atoms with Crippen molar-refractivity contribution < 1.29 is 9.72 Å². The van der Waals surface area contributed by atoms with Gasteiger partial charge in [-0.1, -0.05) is 45.4 Å². The molecule has 0 amide bonds. The molecule has 0 aromatic rings. The van der Waals surface area contributed by atoms with Crippen molar-refractivity contribution in [2.75, 3.05) is 6.54 Å². The highest BCUT2D eigenvalue weighted by atomic mass is 16.6. The molecule has 0 saturated heterocycles. The van der Waals surface area contributed by atoms with Crippen molar-refractivity contribution in [2.24, 2.45) is 0 Å². The van der Waals surface area contributed by atoms with Gasteiger partial charge in [0, 0.05) is 11.3 Å². The molecular formula is C12H23NO3. The Morgan fingerprint density at radius 3 is 2.12 bits per heavy atom. The molecule has 0 radical (unpaired) electrons. The number of unbranched alkanes of at least 4 members (excludes halogenated alkanes) is 6. The number of carbonyl (C=O) groups excluding carboxylic acids is 1. The number of ketones is 1. The first-order valence-corrected chi connectivity index (χ1v) is 6.30. The predicted octanol–water partition coefficient (Wildman–Crippen LogP) is 3.36. The van der Waals surface area contributed by atoms with Gasteiger partial charge >= 0.3 is 0 Å². The normalized spacial score (nSPS) is 10.3. The van der Waals surface area contributed by atoms with E-state index in [1.54, 1.807) is 0 Å². The minimum atomic E-state index is -0.428. The lowest BCUT2D eigenvalue weighted by atomic mass is 10.1. The van der Waals surface area contributed by atoms with Crippen LogP contribution in [0.2, 0.25) is 0 Å². The molecule has 0 spiro atoms. The van der Waals surface area contributed by atoms with Crippen LogP contribution in [0.5, 0.6) is 0 Å². The van der Waals surface area contributed by atoms with Gasteiger partial charge in [-0.25, -0.2) is 0 Å². The highest BCUT2D eigenvalue weighted by Gasteiger charge is 2.05. The summed E-state index contributed by atoms with van der Waals surface area (Å²) in [6.45, 7) is 1.98. The highest BCUT2D eigenvalue weighted by Crippen LogP contribution is 2.09. The molecule has 94 valence electrons. The van der Waals surface area contributed by atoms with Crippen molar-refractivity contribution in [2.45, 2.75) is 64.7 Å². The largest absolute Gasteiger partial charge is 0.299 e. The van der Waals surface area contributed by atoms with Crippen LogP contribution in [0, 0.1) is 10.1 Å². The molecule has 0 aliphatic heterocycles. The maximum atomic E-state index is 11.2. The number of nitro groups is 1. The van der Waals surface area contributed by atoms with Crippen LogP contribution >= 0.6 is 0 Å². The first-order chi connectivity index (χ1) is 7.66. The number of nitrogens with zero attached hydrogens (tertiary/aromatic N) is 1. The molecule has 0 aliphatic carbocycles. The molecule has 16 heavy (non-hydrogen) atoms. The van der Waals surface area contributed by atoms with Crippen molar-refractivity contribution in [1.29, 1.82) is 0 Å². The zero-order chi connectivity index (χ0) is 12.2. The Bertz CT molecular complexity index is 204. The minimum Gasteiger partial charge on any atom is -0.299 e. The molecule has 0 heterocycles. The second-order valence-corrected chi connectivity index (χ2v) is 4.22. The fourth-order valence-electron chi connectivity index (χ4n) is 1.62. The summed E-state index contributed by atoms with van der Waals surface area (Å²) in [5, 5.41) is 10.0. The third-order valence-corrected chi connectivity index (χ3v) is 2.63. The average Bonchev–Trinajstić information content (AvgIpc) is 2.25. The number of hydrogen-bond acceptors (Lipinski definition) is 3. The SMILES string of the molecule is CCCCCCCCCC(=O)CC[N+](=O)[O-]. The molecule has 0 N–H and O–H groups in total. The fraction of sp³-hybridized carbons (Fsp3) is 0.917. The average molecular weight is 229 g/mol. The lowest BCUT2D eigenvalue weighted by Crippen LogP contribution is -2.07. The maximum absolute atomic E-state index is 11.2. The standard InChI is InChI=1S/C12H23NO3/c1-2-3-4-5-6-7-8-9-12(14)10-11-13(15)16/h2-11H2,1H3. The van der Waals surface area contributed by atoms with E-state index in [2.05, 4.69) is 6.92 Å². The molecule has 0 saturated carbocycles. The van der Waals surface area contributed by atoms with Crippen molar-refractivity contribution in [3.05, 3.63) is 10.1 Å². The summed E-state index contributed by atoms with van der Waals surface area (Å²) in [7, 11) is 0. The quantitative estimate of drug-likeness (QED) is 0.310. The Hall–Kier alpha value is -0.930. The third-order valence-electron chi connectivity index (χ3n) is 2.63. The zero-order valence-corrected chi connectivity index (χ0v) is 10.2. The summed E-state index contributed by atoms with van der Waals surface area (Å²) in [4.78, 5) is 20.8. The van der Waals surface area contributed by atoms with Gasteiger partial charge in [-0.3, -0.25) is 14.9 Å². The topological polar surface area (TPSA) is 60.2 Å². The van der Waals surface area contributed by atoms with E-state index in [0.29, 0.717) is 6.42 Å². The van der Waals surface area contributed by atoms with E-state index in [1.165, 1.54) is 32.1 Å². The lowest BCUT2D eigenvalue weighted by Gasteiger charge is -2.00. The van der Waals surface area contributed by atoms with Crippen LogP contribution in [0.1, 0.15) is 64.7 Å². The van der Waals surface area contributed by atoms with Crippen LogP contribution in [0.4, 0.5) is 0 Å². The molecule has 4 heteroatoms. The summed E-state index contributed by atoms with van der Waals surface area (Å²) >= 11 is 0. The zero-order valence-electron chi connectivity index (χ0n) is 10.2. The second kappa shape index (κ2) is 10.6. The van der Waals surface area contributed by atoms with Crippen molar-refractivity contribution in [3.63, 3.8) is 0 Å². The van der Waals surface area contributed by atoms with Gasteiger partial charge in [0.05, 0.1) is 6.42 Å². The van der Waals surface area contributed by atoms with Gasteiger partial charge < -0.3 is 0 Å². The Balaban J connectivity index is 3.18. The predicted molar refractivity (Wildman–Crippen MR) is 64.1 cm³/mol. The molecule has 0 fully saturated rings. The van der Waals surface area contributed by atoms with Crippen LogP contribution in [-0.2, 0) is 4.79 Å². The van der Waals surface area contributed by atoms with Gasteiger partial charge in [-0.2, -0.15) is 0 Å².